The van der Waals surface area contributed by atoms with E-state index >= 15 is 0 Å². The van der Waals surface area contributed by atoms with E-state index in [1.165, 1.54) is 6.92 Å². The molecule has 6 amide bonds. The van der Waals surface area contributed by atoms with Crippen LogP contribution in [0, 0.1) is 24.2 Å². The van der Waals surface area contributed by atoms with Gasteiger partial charge in [0.1, 0.15) is 36.0 Å². The van der Waals surface area contributed by atoms with Crippen molar-refractivity contribution in [2.45, 2.75) is 150 Å². The number of rotatable bonds is 24. The topological polar surface area (TPSA) is 266 Å². The van der Waals surface area contributed by atoms with Crippen LogP contribution in [0.5, 0.6) is 0 Å². The maximum atomic E-state index is 14.6. The summed E-state index contributed by atoms with van der Waals surface area (Å²) in [7, 11) is 0. The van der Waals surface area contributed by atoms with E-state index < -0.39 is 114 Å². The number of nitrogens with one attached hydrogen (secondary N) is 6. The Morgan fingerprint density at radius 1 is 0.741 bits per heavy atom. The summed E-state index contributed by atoms with van der Waals surface area (Å²) in [5.74, 6) is -8.20. The smallest absolute Gasteiger partial charge is 0.305 e. The third-order valence-electron chi connectivity index (χ3n) is 9.46. The number of benzene rings is 1. The number of aldehydes is 1. The van der Waals surface area contributed by atoms with E-state index in [4.69, 9.17) is 5.11 Å². The maximum Gasteiger partial charge on any atom is 0.305 e. The van der Waals surface area contributed by atoms with E-state index in [1.54, 1.807) is 65.8 Å². The van der Waals surface area contributed by atoms with Gasteiger partial charge in [-0.2, -0.15) is 0 Å². The Labute approximate surface area is 341 Å². The quantitative estimate of drug-likeness (QED) is 0.0702. The van der Waals surface area contributed by atoms with Gasteiger partial charge in [-0.25, -0.2) is 0 Å². The van der Waals surface area contributed by atoms with Crippen LogP contribution in [0.2, 0.25) is 0 Å². The Morgan fingerprint density at radius 3 is 1.84 bits per heavy atom. The second-order valence-corrected chi connectivity index (χ2v) is 16.6. The molecule has 0 saturated carbocycles. The number of amides is 6. The highest BCUT2D eigenvalue weighted by Crippen LogP contribution is 2.28. The Balaban J connectivity index is 3.57. The summed E-state index contributed by atoms with van der Waals surface area (Å²) in [6.45, 7) is 17.2. The molecule has 8 N–H and O–H groups in total. The third-order valence-corrected chi connectivity index (χ3v) is 9.46. The number of unbranched alkanes of at least 4 members (excludes halogenated alkanes) is 1. The molecule has 1 aromatic rings. The Hall–Kier alpha value is -5.35. The van der Waals surface area contributed by atoms with Crippen LogP contribution in [-0.4, -0.2) is 94.1 Å². The number of carboxylic acids is 2. The molecule has 0 fully saturated rings. The molecule has 17 nitrogen and oxygen atoms in total. The molecule has 0 saturated heterocycles. The van der Waals surface area contributed by atoms with Gasteiger partial charge in [0, 0.05) is 6.42 Å². The lowest BCUT2D eigenvalue weighted by Crippen LogP contribution is -2.65. The molecule has 0 aliphatic carbocycles. The van der Waals surface area contributed by atoms with Crippen molar-refractivity contribution in [3.8, 4) is 0 Å². The summed E-state index contributed by atoms with van der Waals surface area (Å²) < 4.78 is 0. The second-order valence-electron chi connectivity index (χ2n) is 16.6. The van der Waals surface area contributed by atoms with Crippen molar-refractivity contribution in [1.29, 1.82) is 0 Å². The number of aryl methyl sites for hydroxylation is 1. The van der Waals surface area contributed by atoms with Crippen molar-refractivity contribution in [3.05, 3.63) is 35.4 Å². The molecule has 0 radical (unpaired) electrons. The summed E-state index contributed by atoms with van der Waals surface area (Å²) in [6.07, 6.45) is 0.918. The lowest BCUT2D eigenvalue weighted by atomic mass is 9.83. The molecule has 0 aliphatic rings. The van der Waals surface area contributed by atoms with Gasteiger partial charge in [-0.15, -0.1) is 0 Å². The van der Waals surface area contributed by atoms with Crippen LogP contribution in [0.4, 0.5) is 0 Å². The highest BCUT2D eigenvalue weighted by Gasteiger charge is 2.44. The Bertz CT molecular complexity index is 1640. The van der Waals surface area contributed by atoms with E-state index in [1.807, 2.05) is 20.8 Å². The summed E-state index contributed by atoms with van der Waals surface area (Å²) in [5, 5.41) is 34.1. The van der Waals surface area contributed by atoms with Crippen LogP contribution in [0.1, 0.15) is 118 Å². The molecule has 17 heteroatoms. The first-order valence-corrected chi connectivity index (χ1v) is 19.7. The van der Waals surface area contributed by atoms with Gasteiger partial charge in [0.25, 0.3) is 5.91 Å². The summed E-state index contributed by atoms with van der Waals surface area (Å²) >= 11 is 0. The SMILES string of the molecule is CCCCC(C=O)NC(=O)[C@H](CC(C)C)NC(=O)[C@@H](NC(=O)C(C)(NC(=O)[C@H](NC(=O)[C@H](CC(=O)O)NC(=O)CCC(=O)O)C(C)C)c1ccccc1C)C(C)(C)C. The Kier molecular flexibility index (Phi) is 20.2. The molecule has 0 spiro atoms. The maximum absolute atomic E-state index is 14.6. The molecule has 324 valence electrons. The van der Waals surface area contributed by atoms with Crippen molar-refractivity contribution in [3.63, 3.8) is 0 Å². The first-order chi connectivity index (χ1) is 26.9. The van der Waals surface area contributed by atoms with E-state index in [2.05, 4.69) is 31.9 Å². The van der Waals surface area contributed by atoms with Crippen molar-refractivity contribution < 1.29 is 53.4 Å². The minimum atomic E-state index is -1.89. The summed E-state index contributed by atoms with van der Waals surface area (Å²) in [6, 6.07) is 0.649. The fraction of sp³-hybridized carbons (Fsp3) is 0.634. The monoisotopic (exact) mass is 816 g/mol. The van der Waals surface area contributed by atoms with Gasteiger partial charge in [-0.05, 0) is 55.1 Å². The third kappa shape index (κ3) is 16.3. The fourth-order valence-corrected chi connectivity index (χ4v) is 6.15. The molecule has 0 aliphatic heterocycles. The summed E-state index contributed by atoms with van der Waals surface area (Å²) in [4.78, 5) is 116. The molecule has 1 rings (SSSR count). The molecule has 6 atom stereocenters. The fourth-order valence-electron chi connectivity index (χ4n) is 6.15. The lowest BCUT2D eigenvalue weighted by molar-refractivity contribution is -0.142. The number of carbonyl (C=O) groups excluding carboxylic acids is 7. The van der Waals surface area contributed by atoms with Crippen LogP contribution in [0.3, 0.4) is 0 Å². The van der Waals surface area contributed by atoms with Crippen LogP contribution >= 0.6 is 0 Å². The molecule has 1 aromatic carbocycles. The van der Waals surface area contributed by atoms with E-state index in [0.29, 0.717) is 30.3 Å². The minimum absolute atomic E-state index is 0.0365. The number of hydrogen-bond acceptors (Lipinski definition) is 9. The highest BCUT2D eigenvalue weighted by molar-refractivity contribution is 5.99. The van der Waals surface area contributed by atoms with Crippen molar-refractivity contribution >= 4 is 53.7 Å². The number of aliphatic carboxylic acids is 2. The van der Waals surface area contributed by atoms with E-state index in [9.17, 15) is 48.3 Å². The number of carboxylic acid groups (broad SMARTS) is 2. The molecule has 0 aromatic heterocycles. The predicted octanol–water partition coefficient (Wildman–Crippen LogP) is 2.23. The molecule has 0 bridgehead atoms. The van der Waals surface area contributed by atoms with Crippen LogP contribution in [-0.2, 0) is 48.7 Å². The van der Waals surface area contributed by atoms with Gasteiger partial charge in [0.15, 0.2) is 0 Å². The van der Waals surface area contributed by atoms with Crippen LogP contribution < -0.4 is 31.9 Å². The molecule has 2 unspecified atom stereocenters. The highest BCUT2D eigenvalue weighted by atomic mass is 16.4. The standard InChI is InChI=1S/C41H64N6O11/c1-11-12-16-26(22-48)42-35(54)28(20-23(2)3)44-38(57)34(40(7,8)9)46-39(58)41(10,27-17-14-13-15-25(27)6)47-37(56)33(24(4)5)45-36(55)29(21-32(52)53)43-30(49)18-19-31(50)51/h13-15,17,22-24,26,28-29,33-34H,11-12,16,18-21H2,1-10H3,(H,42,54)(H,43,49)(H,44,57)(H,45,55)(H,46,58)(H,47,56)(H,50,51)(H,52,53)/t26?,28-,29-,33+,34+,41?/m0/s1. The van der Waals surface area contributed by atoms with Crippen molar-refractivity contribution in [1.82, 2.24) is 31.9 Å². The van der Waals surface area contributed by atoms with E-state index in [-0.39, 0.29) is 12.3 Å². The molecule has 0 heterocycles. The van der Waals surface area contributed by atoms with Crippen molar-refractivity contribution in [2.75, 3.05) is 0 Å². The molecular formula is C41H64N6O11. The molecule has 58 heavy (non-hydrogen) atoms. The first kappa shape index (κ1) is 50.7. The lowest BCUT2D eigenvalue weighted by Gasteiger charge is -2.38. The van der Waals surface area contributed by atoms with Gasteiger partial charge in [0.2, 0.25) is 29.5 Å². The number of carbonyl (C=O) groups is 9. The average molecular weight is 817 g/mol. The van der Waals surface area contributed by atoms with Crippen LogP contribution in [0.15, 0.2) is 24.3 Å². The van der Waals surface area contributed by atoms with Gasteiger partial charge in [-0.1, -0.05) is 92.5 Å². The largest absolute Gasteiger partial charge is 0.481 e. The zero-order chi connectivity index (χ0) is 44.5. The van der Waals surface area contributed by atoms with Crippen molar-refractivity contribution in [2.24, 2.45) is 17.3 Å². The van der Waals surface area contributed by atoms with Gasteiger partial charge in [-0.3, -0.25) is 38.4 Å². The summed E-state index contributed by atoms with van der Waals surface area (Å²) in [5.41, 5.74) is -1.89. The second kappa shape index (κ2) is 23.2. The molecular weight excluding hydrogens is 752 g/mol. The normalized spacial score (nSPS) is 15.0. The van der Waals surface area contributed by atoms with Gasteiger partial charge in [0.05, 0.1) is 18.9 Å². The number of hydrogen-bond donors (Lipinski definition) is 8. The van der Waals surface area contributed by atoms with E-state index in [0.717, 1.165) is 6.42 Å². The van der Waals surface area contributed by atoms with Gasteiger partial charge >= 0.3 is 11.9 Å². The predicted molar refractivity (Wildman–Crippen MR) is 215 cm³/mol. The Morgan fingerprint density at radius 2 is 1.34 bits per heavy atom. The average Bonchev–Trinajstić information content (AvgIpc) is 3.11. The first-order valence-electron chi connectivity index (χ1n) is 19.7. The zero-order valence-corrected chi connectivity index (χ0v) is 35.4. The minimum Gasteiger partial charge on any atom is -0.481 e. The van der Waals surface area contributed by atoms with Gasteiger partial charge < -0.3 is 46.9 Å². The zero-order valence-electron chi connectivity index (χ0n) is 35.4. The van der Waals surface area contributed by atoms with Crippen LogP contribution in [0.25, 0.3) is 0 Å².